The summed E-state index contributed by atoms with van der Waals surface area (Å²) in [6, 6.07) is 7.46. The van der Waals surface area contributed by atoms with Crippen molar-refractivity contribution in [2.75, 3.05) is 6.54 Å². The van der Waals surface area contributed by atoms with Gasteiger partial charge in [0.2, 0.25) is 11.7 Å². The van der Waals surface area contributed by atoms with Crippen LogP contribution >= 0.6 is 15.9 Å². The Morgan fingerprint density at radius 1 is 1.33 bits per heavy atom. The van der Waals surface area contributed by atoms with Crippen LogP contribution in [0.15, 0.2) is 33.3 Å². The van der Waals surface area contributed by atoms with Gasteiger partial charge in [0, 0.05) is 16.6 Å². The Labute approximate surface area is 149 Å². The summed E-state index contributed by atoms with van der Waals surface area (Å²) >= 11 is 3.40. The fraction of sp³-hybridized carbons (Fsp3) is 0.471. The lowest BCUT2D eigenvalue weighted by atomic mass is 10.2. The van der Waals surface area contributed by atoms with Crippen LogP contribution in [0.3, 0.4) is 0 Å². The van der Waals surface area contributed by atoms with Gasteiger partial charge in [0.05, 0.1) is 0 Å². The van der Waals surface area contributed by atoms with Gasteiger partial charge in [-0.2, -0.15) is 4.98 Å². The van der Waals surface area contributed by atoms with Crippen molar-refractivity contribution in [3.63, 3.8) is 0 Å². The van der Waals surface area contributed by atoms with E-state index in [0.29, 0.717) is 18.3 Å². The van der Waals surface area contributed by atoms with Crippen molar-refractivity contribution < 1.29 is 14.1 Å². The zero-order valence-corrected chi connectivity index (χ0v) is 15.5. The predicted octanol–water partition coefficient (Wildman–Crippen LogP) is 4.57. The number of halogens is 1. The van der Waals surface area contributed by atoms with Gasteiger partial charge < -0.3 is 9.26 Å². The second-order valence-corrected chi connectivity index (χ2v) is 7.71. The van der Waals surface area contributed by atoms with Gasteiger partial charge in [-0.05, 0) is 57.9 Å². The van der Waals surface area contributed by atoms with Crippen LogP contribution < -0.4 is 0 Å². The molecule has 3 rings (SSSR count). The minimum atomic E-state index is -0.526. The smallest absolute Gasteiger partial charge is 0.410 e. The number of nitrogens with zero attached hydrogens (tertiary/aromatic N) is 3. The SMILES string of the molecule is CC(C)(C)OC(=O)N1CCC[C@H]1c1nc(-c2ccc(Br)cc2)no1. The van der Waals surface area contributed by atoms with Crippen LogP contribution in [0.2, 0.25) is 0 Å². The minimum absolute atomic E-state index is 0.225. The van der Waals surface area contributed by atoms with Crippen molar-refractivity contribution in [2.45, 2.75) is 45.3 Å². The van der Waals surface area contributed by atoms with E-state index < -0.39 is 5.60 Å². The molecule has 1 amide bonds. The Balaban J connectivity index is 1.78. The van der Waals surface area contributed by atoms with Crippen molar-refractivity contribution in [1.29, 1.82) is 0 Å². The average Bonchev–Trinajstić information content (AvgIpc) is 3.15. The molecule has 24 heavy (non-hydrogen) atoms. The first-order valence-electron chi connectivity index (χ1n) is 7.93. The molecule has 1 aromatic carbocycles. The average molecular weight is 394 g/mol. The summed E-state index contributed by atoms with van der Waals surface area (Å²) in [5, 5.41) is 4.05. The number of aromatic nitrogens is 2. The Morgan fingerprint density at radius 2 is 2.04 bits per heavy atom. The molecular formula is C17H20BrN3O3. The van der Waals surface area contributed by atoms with Crippen LogP contribution in [-0.2, 0) is 4.74 Å². The van der Waals surface area contributed by atoms with Gasteiger partial charge in [-0.1, -0.05) is 21.1 Å². The van der Waals surface area contributed by atoms with Gasteiger partial charge in [0.15, 0.2) is 0 Å². The maximum absolute atomic E-state index is 12.4. The number of hydrogen-bond donors (Lipinski definition) is 0. The Bertz CT molecular complexity index is 721. The van der Waals surface area contributed by atoms with E-state index in [2.05, 4.69) is 26.1 Å². The second kappa shape index (κ2) is 6.55. The number of carbonyl (C=O) groups excluding carboxylic acids is 1. The lowest BCUT2D eigenvalue weighted by Gasteiger charge is -2.26. The number of benzene rings is 1. The molecule has 2 aromatic rings. The van der Waals surface area contributed by atoms with Gasteiger partial charge in [0.1, 0.15) is 11.6 Å². The van der Waals surface area contributed by atoms with Crippen LogP contribution in [0.5, 0.6) is 0 Å². The number of rotatable bonds is 2. The maximum Gasteiger partial charge on any atom is 0.410 e. The molecule has 0 radical (unpaired) electrons. The standard InChI is InChI=1S/C17H20BrN3O3/c1-17(2,3)23-16(22)21-10-4-5-13(21)15-19-14(20-24-15)11-6-8-12(18)9-7-11/h6-9,13H,4-5,10H2,1-3H3/t13-/m0/s1. The highest BCUT2D eigenvalue weighted by atomic mass is 79.9. The van der Waals surface area contributed by atoms with E-state index >= 15 is 0 Å². The van der Waals surface area contributed by atoms with E-state index in [9.17, 15) is 4.79 Å². The predicted molar refractivity (Wildman–Crippen MR) is 92.3 cm³/mol. The highest BCUT2D eigenvalue weighted by molar-refractivity contribution is 9.10. The number of ether oxygens (including phenoxy) is 1. The van der Waals surface area contributed by atoms with E-state index in [0.717, 1.165) is 22.9 Å². The van der Waals surface area contributed by atoms with Crippen molar-refractivity contribution in [2.24, 2.45) is 0 Å². The monoisotopic (exact) mass is 393 g/mol. The molecule has 1 fully saturated rings. The molecule has 0 saturated carbocycles. The minimum Gasteiger partial charge on any atom is -0.444 e. The summed E-state index contributed by atoms with van der Waals surface area (Å²) in [4.78, 5) is 18.5. The third-order valence-corrected chi connectivity index (χ3v) is 4.24. The summed E-state index contributed by atoms with van der Waals surface area (Å²) in [6.07, 6.45) is 1.34. The van der Waals surface area contributed by atoms with Crippen molar-refractivity contribution >= 4 is 22.0 Å². The normalized spacial score (nSPS) is 18.0. The quantitative estimate of drug-likeness (QED) is 0.746. The molecule has 1 aliphatic heterocycles. The van der Waals surface area contributed by atoms with Crippen LogP contribution in [0, 0.1) is 0 Å². The van der Waals surface area contributed by atoms with Gasteiger partial charge in [0.25, 0.3) is 0 Å². The molecule has 128 valence electrons. The first kappa shape index (κ1) is 17.0. The van der Waals surface area contributed by atoms with Gasteiger partial charge in [-0.3, -0.25) is 4.90 Å². The summed E-state index contributed by atoms with van der Waals surface area (Å²) in [7, 11) is 0. The maximum atomic E-state index is 12.4. The first-order chi connectivity index (χ1) is 11.3. The molecule has 0 unspecified atom stereocenters. The van der Waals surface area contributed by atoms with Crippen LogP contribution in [0.25, 0.3) is 11.4 Å². The molecule has 6 nitrogen and oxygen atoms in total. The Kier molecular flexibility index (Phi) is 4.62. The molecule has 1 atom stereocenters. The van der Waals surface area contributed by atoms with E-state index in [4.69, 9.17) is 9.26 Å². The molecule has 0 aliphatic carbocycles. The zero-order valence-electron chi connectivity index (χ0n) is 14.0. The highest BCUT2D eigenvalue weighted by Crippen LogP contribution is 2.33. The molecule has 0 bridgehead atoms. The fourth-order valence-corrected chi connectivity index (χ4v) is 2.91. The van der Waals surface area contributed by atoms with Gasteiger partial charge in [-0.15, -0.1) is 0 Å². The summed E-state index contributed by atoms with van der Waals surface area (Å²) in [6.45, 7) is 6.20. The highest BCUT2D eigenvalue weighted by Gasteiger charge is 2.36. The molecule has 1 aromatic heterocycles. The summed E-state index contributed by atoms with van der Waals surface area (Å²) in [5.74, 6) is 0.977. The van der Waals surface area contributed by atoms with E-state index in [-0.39, 0.29) is 12.1 Å². The van der Waals surface area contributed by atoms with Crippen molar-refractivity contribution in [1.82, 2.24) is 15.0 Å². The van der Waals surface area contributed by atoms with Gasteiger partial charge in [-0.25, -0.2) is 4.79 Å². The Hall–Kier alpha value is -1.89. The van der Waals surface area contributed by atoms with E-state index in [1.54, 1.807) is 4.90 Å². The number of carbonyl (C=O) groups is 1. The Morgan fingerprint density at radius 3 is 2.71 bits per heavy atom. The van der Waals surface area contributed by atoms with E-state index in [1.807, 2.05) is 45.0 Å². The summed E-state index contributed by atoms with van der Waals surface area (Å²) < 4.78 is 11.9. The molecule has 7 heteroatoms. The molecule has 1 saturated heterocycles. The number of hydrogen-bond acceptors (Lipinski definition) is 5. The zero-order chi connectivity index (χ0) is 17.3. The lowest BCUT2D eigenvalue weighted by molar-refractivity contribution is 0.0199. The third kappa shape index (κ3) is 3.77. The molecule has 0 N–H and O–H groups in total. The molecular weight excluding hydrogens is 374 g/mol. The number of likely N-dealkylation sites (tertiary alicyclic amines) is 1. The summed E-state index contributed by atoms with van der Waals surface area (Å²) in [5.41, 5.74) is 0.344. The van der Waals surface area contributed by atoms with Crippen LogP contribution in [-0.4, -0.2) is 33.3 Å². The lowest BCUT2D eigenvalue weighted by Crippen LogP contribution is -2.36. The third-order valence-electron chi connectivity index (χ3n) is 3.71. The van der Waals surface area contributed by atoms with Crippen LogP contribution in [0.1, 0.15) is 45.5 Å². The molecule has 1 aliphatic rings. The van der Waals surface area contributed by atoms with Crippen molar-refractivity contribution in [3.8, 4) is 11.4 Å². The van der Waals surface area contributed by atoms with Crippen LogP contribution in [0.4, 0.5) is 4.79 Å². The largest absolute Gasteiger partial charge is 0.444 e. The first-order valence-corrected chi connectivity index (χ1v) is 8.72. The fourth-order valence-electron chi connectivity index (χ4n) is 2.65. The molecule has 0 spiro atoms. The second-order valence-electron chi connectivity index (χ2n) is 6.79. The van der Waals surface area contributed by atoms with E-state index in [1.165, 1.54) is 0 Å². The number of amides is 1. The topological polar surface area (TPSA) is 68.5 Å². The van der Waals surface area contributed by atoms with Crippen molar-refractivity contribution in [3.05, 3.63) is 34.6 Å². The molecule has 2 heterocycles. The van der Waals surface area contributed by atoms with Gasteiger partial charge >= 0.3 is 6.09 Å².